The third kappa shape index (κ3) is 3.42. The van der Waals surface area contributed by atoms with E-state index >= 15 is 0 Å². The first kappa shape index (κ1) is 18.0. The van der Waals surface area contributed by atoms with Crippen LogP contribution in [0.25, 0.3) is 16.6 Å². The average Bonchev–Trinajstić information content (AvgIpc) is 2.70. The van der Waals surface area contributed by atoms with Crippen LogP contribution in [-0.4, -0.2) is 26.3 Å². The van der Waals surface area contributed by atoms with E-state index in [9.17, 15) is 4.79 Å². The minimum atomic E-state index is -0.187. The van der Waals surface area contributed by atoms with Crippen LogP contribution in [0.1, 0.15) is 18.1 Å². The summed E-state index contributed by atoms with van der Waals surface area (Å²) >= 11 is 0. The Labute approximate surface area is 162 Å². The first-order chi connectivity index (χ1) is 13.5. The van der Waals surface area contributed by atoms with Gasteiger partial charge in [0, 0.05) is 23.9 Å². The number of hydrogen-bond acceptors (Lipinski definition) is 5. The number of nitrogens with zero attached hydrogens (tertiary/aromatic N) is 3. The topological polar surface area (TPSA) is 97.6 Å². The van der Waals surface area contributed by atoms with E-state index in [0.717, 1.165) is 16.7 Å². The van der Waals surface area contributed by atoms with Gasteiger partial charge in [-0.3, -0.25) is 9.36 Å². The second-order valence-electron chi connectivity index (χ2n) is 7.02. The molecule has 6 heteroatoms. The van der Waals surface area contributed by atoms with Crippen molar-refractivity contribution >= 4 is 22.3 Å². The molecule has 0 amide bonds. The number of allylic oxidation sites excluding steroid dienone is 2. The van der Waals surface area contributed by atoms with Crippen LogP contribution in [-0.2, 0) is 6.54 Å². The largest absolute Gasteiger partial charge is 0.324 e. The molecule has 2 heterocycles. The van der Waals surface area contributed by atoms with E-state index in [1.807, 2.05) is 42.5 Å². The van der Waals surface area contributed by atoms with Crippen molar-refractivity contribution in [3.8, 4) is 0 Å². The number of nitrogens with two attached hydrogens (primary N) is 1. The number of nitrogens with one attached hydrogen (secondary N) is 1. The highest BCUT2D eigenvalue weighted by Gasteiger charge is 2.19. The van der Waals surface area contributed by atoms with Gasteiger partial charge >= 0.3 is 0 Å². The van der Waals surface area contributed by atoms with Gasteiger partial charge in [-0.25, -0.2) is 9.97 Å². The fourth-order valence-electron chi connectivity index (χ4n) is 3.44. The van der Waals surface area contributed by atoms with Crippen molar-refractivity contribution in [2.75, 3.05) is 0 Å². The monoisotopic (exact) mass is 371 g/mol. The highest BCUT2D eigenvalue weighted by atomic mass is 16.1. The molecule has 0 saturated heterocycles. The Hall–Kier alpha value is -3.38. The number of rotatable bonds is 4. The third-order valence-electron chi connectivity index (χ3n) is 5.01. The van der Waals surface area contributed by atoms with Gasteiger partial charge in [-0.1, -0.05) is 42.5 Å². The van der Waals surface area contributed by atoms with Gasteiger partial charge in [0.15, 0.2) is 5.65 Å². The van der Waals surface area contributed by atoms with E-state index in [1.54, 1.807) is 29.8 Å². The number of aromatic nitrogens is 3. The molecule has 2 aromatic heterocycles. The molecule has 28 heavy (non-hydrogen) atoms. The lowest BCUT2D eigenvalue weighted by atomic mass is 9.87. The molecule has 2 unspecified atom stereocenters. The highest BCUT2D eigenvalue weighted by molar-refractivity contribution is 5.87. The Bertz CT molecular complexity index is 1160. The molecule has 0 bridgehead atoms. The molecule has 1 aliphatic carbocycles. The second-order valence-corrected chi connectivity index (χ2v) is 7.02. The van der Waals surface area contributed by atoms with E-state index in [2.05, 4.69) is 9.97 Å². The van der Waals surface area contributed by atoms with Crippen LogP contribution >= 0.6 is 0 Å². The lowest BCUT2D eigenvalue weighted by molar-refractivity contribution is 0.714. The molecule has 1 aromatic carbocycles. The second kappa shape index (κ2) is 7.32. The first-order valence-electron chi connectivity index (χ1n) is 9.13. The molecular formula is C22H21N5O. The molecule has 140 valence electrons. The van der Waals surface area contributed by atoms with Crippen molar-refractivity contribution in [2.24, 2.45) is 11.7 Å². The normalized spacial score (nSPS) is 18.9. The summed E-state index contributed by atoms with van der Waals surface area (Å²) in [7, 11) is 0. The van der Waals surface area contributed by atoms with Crippen LogP contribution in [0.3, 0.4) is 0 Å². The van der Waals surface area contributed by atoms with Crippen LogP contribution in [0.2, 0.25) is 0 Å². The van der Waals surface area contributed by atoms with Gasteiger partial charge in [-0.2, -0.15) is 0 Å². The van der Waals surface area contributed by atoms with Gasteiger partial charge in [0.25, 0.3) is 5.56 Å². The minimum Gasteiger partial charge on any atom is -0.324 e. The van der Waals surface area contributed by atoms with Crippen LogP contribution in [0, 0.1) is 11.3 Å². The third-order valence-corrected chi connectivity index (χ3v) is 5.01. The summed E-state index contributed by atoms with van der Waals surface area (Å²) in [4.78, 5) is 21.0. The lowest BCUT2D eigenvalue weighted by Gasteiger charge is -2.22. The predicted octanol–water partition coefficient (Wildman–Crippen LogP) is 2.78. The molecule has 4 rings (SSSR count). The van der Waals surface area contributed by atoms with Crippen LogP contribution in [0.5, 0.6) is 0 Å². The number of pyridine rings is 1. The summed E-state index contributed by atoms with van der Waals surface area (Å²) in [5, 5.41) is 8.31. The highest BCUT2D eigenvalue weighted by Crippen LogP contribution is 2.24. The maximum Gasteiger partial charge on any atom is 0.263 e. The van der Waals surface area contributed by atoms with Gasteiger partial charge in [0.2, 0.25) is 0 Å². The zero-order valence-corrected chi connectivity index (χ0v) is 15.5. The molecule has 0 fully saturated rings. The molecular weight excluding hydrogens is 350 g/mol. The van der Waals surface area contributed by atoms with Crippen molar-refractivity contribution in [3.05, 3.63) is 88.6 Å². The maximum absolute atomic E-state index is 12.6. The Morgan fingerprint density at radius 3 is 2.71 bits per heavy atom. The molecule has 3 aromatic rings. The van der Waals surface area contributed by atoms with Crippen LogP contribution in [0.4, 0.5) is 0 Å². The van der Waals surface area contributed by atoms with Crippen molar-refractivity contribution in [3.63, 3.8) is 0 Å². The summed E-state index contributed by atoms with van der Waals surface area (Å²) in [6.07, 6.45) is 9.18. The van der Waals surface area contributed by atoms with E-state index in [4.69, 9.17) is 11.1 Å². The molecule has 2 atom stereocenters. The van der Waals surface area contributed by atoms with Crippen molar-refractivity contribution in [1.29, 1.82) is 5.41 Å². The molecule has 1 aliphatic rings. The lowest BCUT2D eigenvalue weighted by Crippen LogP contribution is -2.32. The molecule has 0 radical (unpaired) electrons. The summed E-state index contributed by atoms with van der Waals surface area (Å²) in [6, 6.07) is 11.4. The Kier molecular flexibility index (Phi) is 4.71. The SMILES string of the molecule is CC(=N)C1C=CC(c2ccc(Cn3cnc4ncccc4c3=O)cc2)=CC1N. The van der Waals surface area contributed by atoms with Gasteiger partial charge in [0.1, 0.15) is 6.33 Å². The zero-order chi connectivity index (χ0) is 19.7. The fraction of sp³-hybridized carbons (Fsp3) is 0.182. The van der Waals surface area contributed by atoms with Crippen LogP contribution in [0.15, 0.2) is 71.9 Å². The Morgan fingerprint density at radius 2 is 2.00 bits per heavy atom. The van der Waals surface area contributed by atoms with Gasteiger partial charge in [0.05, 0.1) is 11.9 Å². The Morgan fingerprint density at radius 1 is 1.21 bits per heavy atom. The van der Waals surface area contributed by atoms with Crippen molar-refractivity contribution in [2.45, 2.75) is 19.5 Å². The molecule has 0 saturated carbocycles. The number of hydrogen-bond donors (Lipinski definition) is 2. The van der Waals surface area contributed by atoms with Crippen molar-refractivity contribution in [1.82, 2.24) is 14.5 Å². The average molecular weight is 371 g/mol. The number of benzene rings is 1. The van der Waals surface area contributed by atoms with E-state index in [1.165, 1.54) is 6.33 Å². The summed E-state index contributed by atoms with van der Waals surface area (Å²) in [5.41, 5.74) is 10.2. The molecule has 0 aliphatic heterocycles. The summed E-state index contributed by atoms with van der Waals surface area (Å²) in [6.45, 7) is 2.22. The van der Waals surface area contributed by atoms with E-state index in [0.29, 0.717) is 23.3 Å². The zero-order valence-electron chi connectivity index (χ0n) is 15.5. The standard InChI is InChI=1S/C22H21N5O/c1-14(23)18-9-8-17(11-20(18)24)16-6-4-15(5-7-16)12-27-13-26-21-19(22(27)28)3-2-10-25-21/h2-11,13,18,20,23H,12,24H2,1H3. The van der Waals surface area contributed by atoms with E-state index in [-0.39, 0.29) is 17.5 Å². The van der Waals surface area contributed by atoms with Crippen molar-refractivity contribution < 1.29 is 0 Å². The maximum atomic E-state index is 12.6. The van der Waals surface area contributed by atoms with E-state index < -0.39 is 0 Å². The molecule has 0 spiro atoms. The first-order valence-corrected chi connectivity index (χ1v) is 9.13. The smallest absolute Gasteiger partial charge is 0.263 e. The summed E-state index contributed by atoms with van der Waals surface area (Å²) in [5.74, 6) is -0.0372. The fourth-order valence-corrected chi connectivity index (χ4v) is 3.44. The van der Waals surface area contributed by atoms with Gasteiger partial charge in [-0.15, -0.1) is 0 Å². The molecule has 3 N–H and O–H groups in total. The minimum absolute atomic E-state index is 0.0372. The van der Waals surface area contributed by atoms with Crippen LogP contribution < -0.4 is 11.3 Å². The molecule has 6 nitrogen and oxygen atoms in total. The van der Waals surface area contributed by atoms with Gasteiger partial charge < -0.3 is 11.1 Å². The van der Waals surface area contributed by atoms with Gasteiger partial charge in [-0.05, 0) is 35.8 Å². The summed E-state index contributed by atoms with van der Waals surface area (Å²) < 4.78 is 1.59. The number of fused-ring (bicyclic) bond motifs is 1. The quantitative estimate of drug-likeness (QED) is 0.689. The Balaban J connectivity index is 1.56. The predicted molar refractivity (Wildman–Crippen MR) is 111 cm³/mol.